The van der Waals surface area contributed by atoms with Crippen LogP contribution in [0.25, 0.3) is 0 Å². The summed E-state index contributed by atoms with van der Waals surface area (Å²) in [4.78, 5) is 4.34. The van der Waals surface area contributed by atoms with E-state index in [4.69, 9.17) is 14.2 Å². The summed E-state index contributed by atoms with van der Waals surface area (Å²) in [5.74, 6) is 2.72. The normalized spacial score (nSPS) is 14.0. The second-order valence-corrected chi connectivity index (χ2v) is 4.79. The van der Waals surface area contributed by atoms with Crippen molar-refractivity contribution in [2.75, 3.05) is 13.3 Å². The highest BCUT2D eigenvalue weighted by atomic mass is 16.7. The van der Waals surface area contributed by atoms with Crippen molar-refractivity contribution in [2.45, 2.75) is 19.9 Å². The van der Waals surface area contributed by atoms with Gasteiger partial charge in [-0.1, -0.05) is 13.0 Å². The lowest BCUT2D eigenvalue weighted by Crippen LogP contribution is -2.18. The Kier molecular flexibility index (Phi) is 3.92. The zero-order valence-electron chi connectivity index (χ0n) is 12.1. The molecule has 0 spiro atoms. The van der Waals surface area contributed by atoms with Crippen molar-refractivity contribution >= 4 is 0 Å². The van der Waals surface area contributed by atoms with Gasteiger partial charge < -0.3 is 19.5 Å². The third-order valence-electron chi connectivity index (χ3n) is 3.34. The topological polar surface area (TPSA) is 52.6 Å². The van der Waals surface area contributed by atoms with E-state index in [1.54, 1.807) is 6.20 Å². The summed E-state index contributed by atoms with van der Waals surface area (Å²) in [7, 11) is 0. The zero-order chi connectivity index (χ0) is 14.7. The zero-order valence-corrected chi connectivity index (χ0v) is 12.1. The summed E-state index contributed by atoms with van der Waals surface area (Å²) in [5.41, 5.74) is 1.03. The highest BCUT2D eigenvalue weighted by Crippen LogP contribution is 2.37. The standard InChI is InChI=1S/C16H18N2O3/c1-3-17-11(2)13-5-4-8-18-16(13)21-12-6-7-14-15(9-12)20-10-19-14/h4-9,11,17H,3,10H2,1-2H3. The van der Waals surface area contributed by atoms with Crippen molar-refractivity contribution in [3.8, 4) is 23.1 Å². The molecule has 2 aromatic rings. The molecule has 21 heavy (non-hydrogen) atoms. The van der Waals surface area contributed by atoms with Crippen LogP contribution in [0, 0.1) is 0 Å². The molecule has 1 N–H and O–H groups in total. The fraction of sp³-hybridized carbons (Fsp3) is 0.312. The van der Waals surface area contributed by atoms with Gasteiger partial charge in [0.05, 0.1) is 0 Å². The third kappa shape index (κ3) is 2.92. The van der Waals surface area contributed by atoms with E-state index in [2.05, 4.69) is 24.1 Å². The van der Waals surface area contributed by atoms with E-state index in [-0.39, 0.29) is 12.8 Å². The van der Waals surface area contributed by atoms with E-state index in [1.165, 1.54) is 0 Å². The van der Waals surface area contributed by atoms with Crippen LogP contribution in [0.4, 0.5) is 0 Å². The number of pyridine rings is 1. The third-order valence-corrected chi connectivity index (χ3v) is 3.34. The predicted molar refractivity (Wildman–Crippen MR) is 79.0 cm³/mol. The number of hydrogen-bond acceptors (Lipinski definition) is 5. The van der Waals surface area contributed by atoms with E-state index in [0.717, 1.165) is 17.9 Å². The molecule has 1 aromatic heterocycles. The number of nitrogens with one attached hydrogen (secondary N) is 1. The summed E-state index contributed by atoms with van der Waals surface area (Å²) < 4.78 is 16.6. The number of ether oxygens (including phenoxy) is 3. The van der Waals surface area contributed by atoms with E-state index in [9.17, 15) is 0 Å². The molecule has 0 saturated carbocycles. The first kappa shape index (κ1) is 13.7. The second-order valence-electron chi connectivity index (χ2n) is 4.79. The van der Waals surface area contributed by atoms with Crippen LogP contribution in [-0.2, 0) is 0 Å². The van der Waals surface area contributed by atoms with E-state index in [0.29, 0.717) is 17.4 Å². The maximum Gasteiger partial charge on any atom is 0.231 e. The van der Waals surface area contributed by atoms with Gasteiger partial charge in [0, 0.05) is 23.9 Å². The lowest BCUT2D eigenvalue weighted by molar-refractivity contribution is 0.174. The molecule has 5 nitrogen and oxygen atoms in total. The molecule has 0 amide bonds. The quantitative estimate of drug-likeness (QED) is 0.914. The van der Waals surface area contributed by atoms with Crippen LogP contribution in [0.1, 0.15) is 25.5 Å². The Hall–Kier alpha value is -2.27. The van der Waals surface area contributed by atoms with Gasteiger partial charge in [-0.3, -0.25) is 0 Å². The Morgan fingerprint density at radius 3 is 3.00 bits per heavy atom. The number of aromatic nitrogens is 1. The van der Waals surface area contributed by atoms with Gasteiger partial charge in [0.25, 0.3) is 0 Å². The molecule has 1 aliphatic rings. The summed E-state index contributed by atoms with van der Waals surface area (Å²) in [6.45, 7) is 5.31. The van der Waals surface area contributed by atoms with Gasteiger partial charge in [-0.05, 0) is 31.7 Å². The summed E-state index contributed by atoms with van der Waals surface area (Å²) in [6, 6.07) is 9.61. The van der Waals surface area contributed by atoms with Crippen molar-refractivity contribution in [1.82, 2.24) is 10.3 Å². The Balaban J connectivity index is 1.84. The van der Waals surface area contributed by atoms with Crippen molar-refractivity contribution < 1.29 is 14.2 Å². The molecule has 0 saturated heterocycles. The van der Waals surface area contributed by atoms with E-state index in [1.807, 2.05) is 30.3 Å². The van der Waals surface area contributed by atoms with Gasteiger partial charge in [0.15, 0.2) is 11.5 Å². The highest BCUT2D eigenvalue weighted by molar-refractivity contribution is 5.48. The van der Waals surface area contributed by atoms with Gasteiger partial charge in [-0.15, -0.1) is 0 Å². The largest absolute Gasteiger partial charge is 0.454 e. The molecule has 3 rings (SSSR count). The average molecular weight is 286 g/mol. The summed E-state index contributed by atoms with van der Waals surface area (Å²) >= 11 is 0. The molecule has 0 fully saturated rings. The maximum atomic E-state index is 5.92. The van der Waals surface area contributed by atoms with Crippen LogP contribution < -0.4 is 19.5 Å². The van der Waals surface area contributed by atoms with Gasteiger partial charge in [-0.25, -0.2) is 4.98 Å². The fourth-order valence-electron chi connectivity index (χ4n) is 2.29. The highest BCUT2D eigenvalue weighted by Gasteiger charge is 2.16. The first-order valence-corrected chi connectivity index (χ1v) is 7.03. The molecular formula is C16H18N2O3. The number of rotatable bonds is 5. The van der Waals surface area contributed by atoms with Gasteiger partial charge >= 0.3 is 0 Å². The molecule has 1 unspecified atom stereocenters. The number of hydrogen-bond donors (Lipinski definition) is 1. The minimum absolute atomic E-state index is 0.174. The average Bonchev–Trinajstić information content (AvgIpc) is 2.95. The molecule has 1 aliphatic heterocycles. The molecule has 2 heterocycles. The molecule has 1 atom stereocenters. The van der Waals surface area contributed by atoms with Gasteiger partial charge in [-0.2, -0.15) is 0 Å². The minimum atomic E-state index is 0.174. The number of fused-ring (bicyclic) bond motifs is 1. The van der Waals surface area contributed by atoms with Crippen molar-refractivity contribution in [2.24, 2.45) is 0 Å². The monoisotopic (exact) mass is 286 g/mol. The van der Waals surface area contributed by atoms with Crippen LogP contribution in [0.3, 0.4) is 0 Å². The van der Waals surface area contributed by atoms with Crippen LogP contribution in [0.5, 0.6) is 23.1 Å². The first-order valence-electron chi connectivity index (χ1n) is 7.03. The summed E-state index contributed by atoms with van der Waals surface area (Å²) in [6.07, 6.45) is 1.73. The second kappa shape index (κ2) is 6.01. The van der Waals surface area contributed by atoms with Crippen LogP contribution >= 0.6 is 0 Å². The smallest absolute Gasteiger partial charge is 0.231 e. The SMILES string of the molecule is CCNC(C)c1cccnc1Oc1ccc2c(c1)OCO2. The fourth-order valence-corrected chi connectivity index (χ4v) is 2.29. The van der Waals surface area contributed by atoms with Gasteiger partial charge in [0.1, 0.15) is 5.75 Å². The predicted octanol–water partition coefficient (Wildman–Crippen LogP) is 3.27. The molecule has 1 aromatic carbocycles. The Labute approximate surface area is 123 Å². The van der Waals surface area contributed by atoms with E-state index >= 15 is 0 Å². The van der Waals surface area contributed by atoms with Crippen molar-refractivity contribution in [3.63, 3.8) is 0 Å². The molecule has 0 bridgehead atoms. The lowest BCUT2D eigenvalue weighted by atomic mass is 10.1. The van der Waals surface area contributed by atoms with Crippen LogP contribution in [0.15, 0.2) is 36.5 Å². The molecule has 0 radical (unpaired) electrons. The lowest BCUT2D eigenvalue weighted by Gasteiger charge is -2.16. The number of nitrogens with zero attached hydrogens (tertiary/aromatic N) is 1. The maximum absolute atomic E-state index is 5.92. The minimum Gasteiger partial charge on any atom is -0.454 e. The summed E-state index contributed by atoms with van der Waals surface area (Å²) in [5, 5.41) is 3.36. The molecule has 0 aliphatic carbocycles. The van der Waals surface area contributed by atoms with Crippen molar-refractivity contribution in [3.05, 3.63) is 42.1 Å². The Bertz CT molecular complexity index is 631. The molecule has 5 heteroatoms. The molecule has 110 valence electrons. The Morgan fingerprint density at radius 2 is 2.14 bits per heavy atom. The van der Waals surface area contributed by atoms with Crippen LogP contribution in [-0.4, -0.2) is 18.3 Å². The van der Waals surface area contributed by atoms with Crippen molar-refractivity contribution in [1.29, 1.82) is 0 Å². The van der Waals surface area contributed by atoms with E-state index < -0.39 is 0 Å². The number of benzene rings is 1. The van der Waals surface area contributed by atoms with Gasteiger partial charge in [0.2, 0.25) is 12.7 Å². The Morgan fingerprint density at radius 1 is 1.29 bits per heavy atom. The first-order chi connectivity index (χ1) is 10.3. The van der Waals surface area contributed by atoms with Crippen LogP contribution in [0.2, 0.25) is 0 Å². The molecular weight excluding hydrogens is 268 g/mol.